The van der Waals surface area contributed by atoms with Crippen LogP contribution in [-0.4, -0.2) is 30.8 Å². The van der Waals surface area contributed by atoms with Crippen LogP contribution in [0.5, 0.6) is 0 Å². The summed E-state index contributed by atoms with van der Waals surface area (Å²) >= 11 is 0. The summed E-state index contributed by atoms with van der Waals surface area (Å²) in [5.41, 5.74) is -0.319. The number of hydrogen-bond donors (Lipinski definition) is 0. The summed E-state index contributed by atoms with van der Waals surface area (Å²) in [5, 5.41) is 2.23. The van der Waals surface area contributed by atoms with Gasteiger partial charge in [-0.15, -0.1) is 0 Å². The maximum Gasteiger partial charge on any atom is 0.314 e. The van der Waals surface area contributed by atoms with Crippen molar-refractivity contribution in [1.29, 1.82) is 0 Å². The van der Waals surface area contributed by atoms with E-state index in [0.29, 0.717) is 19.4 Å². The summed E-state index contributed by atoms with van der Waals surface area (Å²) in [4.78, 5) is 23.9. The highest BCUT2D eigenvalue weighted by molar-refractivity contribution is 7.74. The highest BCUT2D eigenvalue weighted by Crippen LogP contribution is 2.42. The van der Waals surface area contributed by atoms with E-state index in [1.807, 2.05) is 36.4 Å². The van der Waals surface area contributed by atoms with Crippen molar-refractivity contribution in [3.05, 3.63) is 73.3 Å². The molecule has 142 valence electrons. The molecule has 0 heterocycles. The van der Waals surface area contributed by atoms with Crippen LogP contribution in [0.3, 0.4) is 0 Å². The Bertz CT molecular complexity index is 691. The molecule has 2 aromatic rings. The zero-order chi connectivity index (χ0) is 19.5. The number of carbonyl (C=O) groups excluding carboxylic acids is 2. The first-order chi connectivity index (χ1) is 13.1. The van der Waals surface area contributed by atoms with Gasteiger partial charge in [-0.05, 0) is 31.4 Å². The lowest BCUT2D eigenvalue weighted by atomic mass is 10.2. The molecular weight excluding hydrogens is 359 g/mol. The van der Waals surface area contributed by atoms with E-state index in [0.717, 1.165) is 10.6 Å². The van der Waals surface area contributed by atoms with Gasteiger partial charge in [0, 0.05) is 6.92 Å². The van der Waals surface area contributed by atoms with Crippen molar-refractivity contribution >= 4 is 30.5 Å². The zero-order valence-electron chi connectivity index (χ0n) is 15.5. The van der Waals surface area contributed by atoms with Crippen molar-refractivity contribution in [1.82, 2.24) is 0 Å². The first-order valence-corrected chi connectivity index (χ1v) is 10.3. The maximum atomic E-state index is 12.9. The SMILES string of the molecule is C=CCOC(=O)C(CCCOC(C)=O)P(c1ccccc1)c1ccccc1. The molecule has 0 saturated heterocycles. The van der Waals surface area contributed by atoms with Crippen LogP contribution >= 0.6 is 7.92 Å². The summed E-state index contributed by atoms with van der Waals surface area (Å²) < 4.78 is 10.5. The van der Waals surface area contributed by atoms with Gasteiger partial charge < -0.3 is 9.47 Å². The van der Waals surface area contributed by atoms with Gasteiger partial charge in [0.25, 0.3) is 0 Å². The first-order valence-electron chi connectivity index (χ1n) is 8.93. The molecule has 5 heteroatoms. The first kappa shape index (κ1) is 20.9. The minimum atomic E-state index is -0.952. The predicted octanol–water partition coefficient (Wildman–Crippen LogP) is 3.56. The van der Waals surface area contributed by atoms with Crippen LogP contribution in [0.2, 0.25) is 0 Å². The smallest absolute Gasteiger partial charge is 0.314 e. The molecule has 0 aliphatic rings. The van der Waals surface area contributed by atoms with Crippen molar-refractivity contribution in [3.63, 3.8) is 0 Å². The minimum absolute atomic E-state index is 0.187. The Morgan fingerprint density at radius 1 is 1.00 bits per heavy atom. The summed E-state index contributed by atoms with van der Waals surface area (Å²) in [5.74, 6) is -0.550. The monoisotopic (exact) mass is 384 g/mol. The van der Waals surface area contributed by atoms with Crippen molar-refractivity contribution in [2.75, 3.05) is 13.2 Å². The van der Waals surface area contributed by atoms with E-state index in [1.165, 1.54) is 6.92 Å². The molecule has 1 unspecified atom stereocenters. The number of hydrogen-bond acceptors (Lipinski definition) is 4. The van der Waals surface area contributed by atoms with E-state index in [1.54, 1.807) is 6.08 Å². The lowest BCUT2D eigenvalue weighted by Gasteiger charge is -2.27. The van der Waals surface area contributed by atoms with Crippen LogP contribution in [0.25, 0.3) is 0 Å². The normalized spacial score (nSPS) is 11.6. The molecule has 0 aliphatic carbocycles. The second kappa shape index (κ2) is 11.3. The Morgan fingerprint density at radius 2 is 1.56 bits per heavy atom. The number of ether oxygens (including phenoxy) is 2. The number of benzene rings is 2. The van der Waals surface area contributed by atoms with Crippen molar-refractivity contribution in [2.24, 2.45) is 0 Å². The Hall–Kier alpha value is -2.45. The molecule has 0 radical (unpaired) electrons. The third kappa shape index (κ3) is 6.65. The molecule has 0 bridgehead atoms. The summed E-state index contributed by atoms with van der Waals surface area (Å²) in [6, 6.07) is 20.1. The molecule has 0 aliphatic heterocycles. The summed E-state index contributed by atoms with van der Waals surface area (Å²) in [7, 11) is -0.952. The van der Waals surface area contributed by atoms with Gasteiger partial charge in [-0.2, -0.15) is 0 Å². The standard InChI is InChI=1S/C22H25O4P/c1-3-16-26-22(24)21(15-10-17-25-18(2)23)27(19-11-6-4-7-12-19)20-13-8-5-9-14-20/h3-9,11-14,21H,1,10,15-17H2,2H3. The van der Waals surface area contributed by atoms with Gasteiger partial charge in [0.2, 0.25) is 0 Å². The van der Waals surface area contributed by atoms with Crippen LogP contribution in [0.4, 0.5) is 0 Å². The highest BCUT2D eigenvalue weighted by Gasteiger charge is 2.31. The van der Waals surface area contributed by atoms with Gasteiger partial charge in [0.15, 0.2) is 0 Å². The van der Waals surface area contributed by atoms with Crippen LogP contribution in [0, 0.1) is 0 Å². The molecule has 0 aromatic heterocycles. The maximum absolute atomic E-state index is 12.9. The fourth-order valence-corrected chi connectivity index (χ4v) is 5.50. The lowest BCUT2D eigenvalue weighted by molar-refractivity contribution is -0.142. The van der Waals surface area contributed by atoms with Crippen LogP contribution in [-0.2, 0) is 19.1 Å². The van der Waals surface area contributed by atoms with Crippen LogP contribution in [0.1, 0.15) is 19.8 Å². The Kier molecular flexibility index (Phi) is 8.73. The molecule has 0 N–H and O–H groups in total. The van der Waals surface area contributed by atoms with Gasteiger partial charge in [-0.3, -0.25) is 9.59 Å². The third-order valence-corrected chi connectivity index (χ3v) is 6.72. The van der Waals surface area contributed by atoms with Gasteiger partial charge >= 0.3 is 11.9 Å². The molecule has 0 spiro atoms. The molecule has 27 heavy (non-hydrogen) atoms. The van der Waals surface area contributed by atoms with Gasteiger partial charge in [0.1, 0.15) is 6.61 Å². The van der Waals surface area contributed by atoms with Crippen LogP contribution in [0.15, 0.2) is 73.3 Å². The fraction of sp³-hybridized carbons (Fsp3) is 0.273. The second-order valence-corrected chi connectivity index (χ2v) is 8.35. The van der Waals surface area contributed by atoms with Gasteiger partial charge in [0.05, 0.1) is 12.3 Å². The highest BCUT2D eigenvalue weighted by atomic mass is 31.1. The Balaban J connectivity index is 2.31. The van der Waals surface area contributed by atoms with E-state index in [9.17, 15) is 9.59 Å². The molecule has 2 aromatic carbocycles. The minimum Gasteiger partial charge on any atom is -0.466 e. The van der Waals surface area contributed by atoms with E-state index in [4.69, 9.17) is 9.47 Å². The third-order valence-electron chi connectivity index (χ3n) is 3.92. The van der Waals surface area contributed by atoms with E-state index in [-0.39, 0.29) is 24.2 Å². The molecule has 4 nitrogen and oxygen atoms in total. The summed E-state index contributed by atoms with van der Waals surface area (Å²) in [6.45, 7) is 5.49. The Morgan fingerprint density at radius 3 is 2.04 bits per heavy atom. The molecule has 1 atom stereocenters. The Labute approximate surface area is 161 Å². The van der Waals surface area contributed by atoms with E-state index < -0.39 is 7.92 Å². The largest absolute Gasteiger partial charge is 0.466 e. The fourth-order valence-electron chi connectivity index (χ4n) is 2.77. The van der Waals surface area contributed by atoms with Crippen LogP contribution < -0.4 is 10.6 Å². The molecule has 0 fully saturated rings. The average molecular weight is 384 g/mol. The molecule has 0 amide bonds. The van der Waals surface area contributed by atoms with Crippen molar-refractivity contribution in [2.45, 2.75) is 25.4 Å². The molecule has 2 rings (SSSR count). The zero-order valence-corrected chi connectivity index (χ0v) is 16.4. The summed E-state index contributed by atoms with van der Waals surface area (Å²) in [6.07, 6.45) is 2.76. The number of esters is 2. The van der Waals surface area contributed by atoms with Gasteiger partial charge in [-0.25, -0.2) is 0 Å². The van der Waals surface area contributed by atoms with Gasteiger partial charge in [-0.1, -0.05) is 73.3 Å². The van der Waals surface area contributed by atoms with Crippen molar-refractivity contribution < 1.29 is 19.1 Å². The van der Waals surface area contributed by atoms with Crippen molar-refractivity contribution in [3.8, 4) is 0 Å². The quantitative estimate of drug-likeness (QED) is 0.272. The molecule has 0 saturated carbocycles. The average Bonchev–Trinajstić information content (AvgIpc) is 2.69. The number of carbonyl (C=O) groups is 2. The lowest BCUT2D eigenvalue weighted by Crippen LogP contribution is -2.30. The second-order valence-electron chi connectivity index (χ2n) is 5.96. The number of rotatable bonds is 10. The van der Waals surface area contributed by atoms with E-state index in [2.05, 4.69) is 30.8 Å². The predicted molar refractivity (Wildman–Crippen MR) is 110 cm³/mol. The molecular formula is C22H25O4P. The van der Waals surface area contributed by atoms with E-state index >= 15 is 0 Å². The topological polar surface area (TPSA) is 52.6 Å².